The molecule has 0 radical (unpaired) electrons. The first kappa shape index (κ1) is 15.8. The number of benzene rings is 4. The van der Waals surface area contributed by atoms with Gasteiger partial charge in [0.1, 0.15) is 0 Å². The highest BCUT2D eigenvalue weighted by Crippen LogP contribution is 2.55. The molecule has 0 atom stereocenters. The standard InChI is InChI=1S/C25H17I/c26-20-16-14-19(15-17-20)25(18-8-2-1-3-9-18)23-12-6-4-10-21(23)22-11-5-7-13-24(22)25/h1-17H. The van der Waals surface area contributed by atoms with Gasteiger partial charge in [-0.2, -0.15) is 0 Å². The molecular formula is C25H17I. The van der Waals surface area contributed by atoms with Crippen LogP contribution in [0, 0.1) is 3.57 Å². The average Bonchev–Trinajstić information content (AvgIpc) is 3.01. The van der Waals surface area contributed by atoms with E-state index in [1.54, 1.807) is 0 Å². The molecule has 0 heterocycles. The molecule has 4 aromatic rings. The van der Waals surface area contributed by atoms with Gasteiger partial charge in [-0.15, -0.1) is 0 Å². The van der Waals surface area contributed by atoms with Crippen LogP contribution in [0.5, 0.6) is 0 Å². The number of hydrogen-bond donors (Lipinski definition) is 0. The van der Waals surface area contributed by atoms with Crippen molar-refractivity contribution >= 4 is 22.6 Å². The Labute approximate surface area is 167 Å². The van der Waals surface area contributed by atoms with E-state index < -0.39 is 0 Å². The van der Waals surface area contributed by atoms with Crippen LogP contribution >= 0.6 is 22.6 Å². The molecule has 0 spiro atoms. The Morgan fingerprint density at radius 1 is 0.462 bits per heavy atom. The Hall–Kier alpha value is -2.39. The van der Waals surface area contributed by atoms with Crippen molar-refractivity contribution in [1.29, 1.82) is 0 Å². The van der Waals surface area contributed by atoms with Gasteiger partial charge in [-0.1, -0.05) is 91.0 Å². The van der Waals surface area contributed by atoms with Crippen LogP contribution in [0.4, 0.5) is 0 Å². The largest absolute Gasteiger partial charge is 0.0713 e. The average molecular weight is 444 g/mol. The van der Waals surface area contributed by atoms with E-state index in [4.69, 9.17) is 0 Å². The third-order valence-corrected chi connectivity index (χ3v) is 6.16. The molecule has 124 valence electrons. The molecule has 0 bridgehead atoms. The van der Waals surface area contributed by atoms with Crippen LogP contribution in [-0.4, -0.2) is 0 Å². The molecule has 0 fully saturated rings. The van der Waals surface area contributed by atoms with Crippen molar-refractivity contribution in [1.82, 2.24) is 0 Å². The van der Waals surface area contributed by atoms with Crippen molar-refractivity contribution in [3.8, 4) is 11.1 Å². The zero-order valence-corrected chi connectivity index (χ0v) is 16.4. The monoisotopic (exact) mass is 444 g/mol. The van der Waals surface area contributed by atoms with Crippen LogP contribution in [-0.2, 0) is 5.41 Å². The summed E-state index contributed by atoms with van der Waals surface area (Å²) in [7, 11) is 0. The Morgan fingerprint density at radius 3 is 1.50 bits per heavy atom. The summed E-state index contributed by atoms with van der Waals surface area (Å²) in [5.74, 6) is 0. The number of hydrogen-bond acceptors (Lipinski definition) is 0. The van der Waals surface area contributed by atoms with E-state index in [2.05, 4.69) is 126 Å². The lowest BCUT2D eigenvalue weighted by Crippen LogP contribution is -2.28. The number of fused-ring (bicyclic) bond motifs is 3. The molecule has 0 unspecified atom stereocenters. The molecule has 5 rings (SSSR count). The zero-order valence-electron chi connectivity index (χ0n) is 14.2. The smallest absolute Gasteiger partial charge is 0.0622 e. The molecule has 0 nitrogen and oxygen atoms in total. The van der Waals surface area contributed by atoms with Gasteiger partial charge >= 0.3 is 0 Å². The fraction of sp³-hybridized carbons (Fsp3) is 0.0400. The van der Waals surface area contributed by atoms with Crippen molar-refractivity contribution < 1.29 is 0 Å². The van der Waals surface area contributed by atoms with Crippen LogP contribution < -0.4 is 0 Å². The lowest BCUT2D eigenvalue weighted by Gasteiger charge is -2.33. The van der Waals surface area contributed by atoms with Crippen molar-refractivity contribution in [2.75, 3.05) is 0 Å². The van der Waals surface area contributed by atoms with Gasteiger partial charge in [0, 0.05) is 3.57 Å². The minimum absolute atomic E-state index is 0.265. The highest BCUT2D eigenvalue weighted by Gasteiger charge is 2.45. The fourth-order valence-corrected chi connectivity index (χ4v) is 4.77. The normalized spacial score (nSPS) is 13.9. The Morgan fingerprint density at radius 2 is 0.923 bits per heavy atom. The van der Waals surface area contributed by atoms with E-state index in [-0.39, 0.29) is 5.41 Å². The van der Waals surface area contributed by atoms with E-state index in [9.17, 15) is 0 Å². The van der Waals surface area contributed by atoms with Gasteiger partial charge in [-0.25, -0.2) is 0 Å². The van der Waals surface area contributed by atoms with Gasteiger partial charge in [0.25, 0.3) is 0 Å². The molecule has 0 aromatic heterocycles. The summed E-state index contributed by atoms with van der Waals surface area (Å²) in [5.41, 5.74) is 7.79. The Balaban J connectivity index is 1.96. The van der Waals surface area contributed by atoms with E-state index in [1.807, 2.05) is 0 Å². The molecule has 26 heavy (non-hydrogen) atoms. The highest BCUT2D eigenvalue weighted by atomic mass is 127. The number of halogens is 1. The second kappa shape index (κ2) is 6.10. The minimum Gasteiger partial charge on any atom is -0.0622 e. The fourth-order valence-electron chi connectivity index (χ4n) is 4.41. The maximum absolute atomic E-state index is 2.38. The van der Waals surface area contributed by atoms with E-state index in [0.717, 1.165) is 0 Å². The maximum Gasteiger partial charge on any atom is 0.0713 e. The van der Waals surface area contributed by atoms with E-state index >= 15 is 0 Å². The van der Waals surface area contributed by atoms with Gasteiger partial charge in [-0.3, -0.25) is 0 Å². The first-order valence-electron chi connectivity index (χ1n) is 8.83. The second-order valence-electron chi connectivity index (χ2n) is 6.71. The lowest BCUT2D eigenvalue weighted by molar-refractivity contribution is 0.768. The molecule has 1 aliphatic carbocycles. The van der Waals surface area contributed by atoms with Gasteiger partial charge in [0.05, 0.1) is 5.41 Å². The van der Waals surface area contributed by atoms with Crippen molar-refractivity contribution in [2.24, 2.45) is 0 Å². The minimum atomic E-state index is -0.265. The van der Waals surface area contributed by atoms with Crippen LogP contribution in [0.1, 0.15) is 22.3 Å². The molecule has 0 saturated carbocycles. The molecule has 0 saturated heterocycles. The molecule has 0 aliphatic heterocycles. The summed E-state index contributed by atoms with van der Waals surface area (Å²) < 4.78 is 1.26. The first-order valence-corrected chi connectivity index (χ1v) is 9.90. The summed E-state index contributed by atoms with van der Waals surface area (Å²) in [6.07, 6.45) is 0. The van der Waals surface area contributed by atoms with Crippen molar-refractivity contribution in [3.63, 3.8) is 0 Å². The maximum atomic E-state index is 2.38. The van der Waals surface area contributed by atoms with Crippen molar-refractivity contribution in [3.05, 3.63) is 129 Å². The van der Waals surface area contributed by atoms with Crippen molar-refractivity contribution in [2.45, 2.75) is 5.41 Å². The summed E-state index contributed by atoms with van der Waals surface area (Å²) >= 11 is 2.38. The van der Waals surface area contributed by atoms with Crippen LogP contribution in [0.2, 0.25) is 0 Å². The molecule has 1 aliphatic rings. The predicted molar refractivity (Wildman–Crippen MR) is 116 cm³/mol. The highest BCUT2D eigenvalue weighted by molar-refractivity contribution is 14.1. The summed E-state index contributed by atoms with van der Waals surface area (Å²) in [6.45, 7) is 0. The first-order chi connectivity index (χ1) is 12.8. The molecular weight excluding hydrogens is 427 g/mol. The third-order valence-electron chi connectivity index (χ3n) is 5.44. The third kappa shape index (κ3) is 2.13. The summed E-state index contributed by atoms with van der Waals surface area (Å²) in [4.78, 5) is 0. The second-order valence-corrected chi connectivity index (χ2v) is 7.96. The summed E-state index contributed by atoms with van der Waals surface area (Å²) in [5, 5.41) is 0. The SMILES string of the molecule is Ic1ccc(C2(c3ccccc3)c3ccccc3-c3ccccc32)cc1. The van der Waals surface area contributed by atoms with E-state index in [1.165, 1.54) is 37.0 Å². The molecule has 1 heteroatoms. The Kier molecular flexibility index (Phi) is 3.71. The van der Waals surface area contributed by atoms with Gasteiger partial charge in [0.15, 0.2) is 0 Å². The van der Waals surface area contributed by atoms with Crippen LogP contribution in [0.25, 0.3) is 11.1 Å². The molecule has 0 amide bonds. The quantitative estimate of drug-likeness (QED) is 0.267. The van der Waals surface area contributed by atoms with Gasteiger partial charge in [0.2, 0.25) is 0 Å². The predicted octanol–water partition coefficient (Wildman–Crippen LogP) is 6.65. The van der Waals surface area contributed by atoms with Gasteiger partial charge < -0.3 is 0 Å². The summed E-state index contributed by atoms with van der Waals surface area (Å²) in [6, 6.07) is 37.6. The Bertz CT molecular complexity index is 1030. The topological polar surface area (TPSA) is 0 Å². The zero-order chi connectivity index (χ0) is 17.6. The van der Waals surface area contributed by atoms with Gasteiger partial charge in [-0.05, 0) is 68.1 Å². The lowest BCUT2D eigenvalue weighted by atomic mass is 9.68. The molecule has 0 N–H and O–H groups in total. The van der Waals surface area contributed by atoms with Crippen LogP contribution in [0.3, 0.4) is 0 Å². The molecule has 4 aromatic carbocycles. The van der Waals surface area contributed by atoms with E-state index in [0.29, 0.717) is 0 Å². The van der Waals surface area contributed by atoms with Crippen LogP contribution in [0.15, 0.2) is 103 Å². The number of rotatable bonds is 2.